The molecule has 0 saturated heterocycles. The van der Waals surface area contributed by atoms with Crippen molar-refractivity contribution in [1.29, 1.82) is 0 Å². The molecule has 0 amide bonds. The van der Waals surface area contributed by atoms with Crippen LogP contribution in [-0.2, 0) is 11.3 Å². The fourth-order valence-electron chi connectivity index (χ4n) is 8.30. The SMILES string of the molecule is CCCC1C(CCF)CCC2C1CCC1(C)C(C(=O)Cn3cc4ncccc4n3)CCC21. The molecule has 7 atom stereocenters. The number of aromatic nitrogens is 3. The van der Waals surface area contributed by atoms with Crippen molar-refractivity contribution in [2.75, 3.05) is 6.67 Å². The first-order valence-corrected chi connectivity index (χ1v) is 12.9. The first-order chi connectivity index (χ1) is 15.5. The number of pyridine rings is 1. The third-order valence-corrected chi connectivity index (χ3v) is 9.65. The average molecular weight is 440 g/mol. The molecule has 2 aromatic rings. The van der Waals surface area contributed by atoms with Gasteiger partial charge in [0.05, 0.1) is 19.4 Å². The van der Waals surface area contributed by atoms with Crippen LogP contribution in [0.2, 0.25) is 0 Å². The molecule has 0 bridgehead atoms. The third-order valence-electron chi connectivity index (χ3n) is 9.65. The second-order valence-corrected chi connectivity index (χ2v) is 11.1. The topological polar surface area (TPSA) is 47.8 Å². The van der Waals surface area contributed by atoms with Crippen molar-refractivity contribution >= 4 is 16.8 Å². The summed E-state index contributed by atoms with van der Waals surface area (Å²) in [6, 6.07) is 3.83. The highest BCUT2D eigenvalue weighted by atomic mass is 19.1. The van der Waals surface area contributed by atoms with Gasteiger partial charge in [-0.15, -0.1) is 0 Å². The fourth-order valence-corrected chi connectivity index (χ4v) is 8.30. The van der Waals surface area contributed by atoms with E-state index in [0.29, 0.717) is 30.1 Å². The lowest BCUT2D eigenvalue weighted by atomic mass is 9.50. The molecule has 3 fully saturated rings. The Hall–Kier alpha value is -1.78. The van der Waals surface area contributed by atoms with Gasteiger partial charge in [-0.05, 0) is 92.1 Å². The fraction of sp³-hybridized carbons (Fsp3) is 0.741. The number of halogens is 1. The highest BCUT2D eigenvalue weighted by Gasteiger charge is 2.57. The number of carbonyl (C=O) groups is 1. The van der Waals surface area contributed by atoms with E-state index in [-0.39, 0.29) is 18.0 Å². The predicted molar refractivity (Wildman–Crippen MR) is 125 cm³/mol. The number of hydrogen-bond acceptors (Lipinski definition) is 3. The van der Waals surface area contributed by atoms with Crippen molar-refractivity contribution in [3.05, 3.63) is 24.5 Å². The lowest BCUT2D eigenvalue weighted by Crippen LogP contribution is -2.48. The van der Waals surface area contributed by atoms with Crippen LogP contribution < -0.4 is 0 Å². The van der Waals surface area contributed by atoms with Crippen LogP contribution in [0.5, 0.6) is 0 Å². The smallest absolute Gasteiger partial charge is 0.157 e. The Morgan fingerprint density at radius 1 is 1.16 bits per heavy atom. The zero-order chi connectivity index (χ0) is 22.3. The summed E-state index contributed by atoms with van der Waals surface area (Å²) in [6.07, 6.45) is 13.9. The number of Topliss-reactive ketones (excluding diaryl/α,β-unsaturated/α-hetero) is 1. The molecule has 5 rings (SSSR count). The summed E-state index contributed by atoms with van der Waals surface area (Å²) in [5.74, 6) is 3.88. The molecule has 32 heavy (non-hydrogen) atoms. The maximum Gasteiger partial charge on any atom is 0.157 e. The molecule has 0 N–H and O–H groups in total. The van der Waals surface area contributed by atoms with Gasteiger partial charge in [-0.2, -0.15) is 5.10 Å². The van der Waals surface area contributed by atoms with Crippen LogP contribution in [0.15, 0.2) is 24.5 Å². The molecule has 7 unspecified atom stereocenters. The molecule has 0 radical (unpaired) electrons. The molecule has 0 aliphatic heterocycles. The van der Waals surface area contributed by atoms with E-state index in [4.69, 9.17) is 0 Å². The van der Waals surface area contributed by atoms with Crippen LogP contribution in [0.4, 0.5) is 4.39 Å². The predicted octanol–water partition coefficient (Wildman–Crippen LogP) is 6.25. The van der Waals surface area contributed by atoms with Crippen LogP contribution in [0, 0.1) is 40.9 Å². The summed E-state index contributed by atoms with van der Waals surface area (Å²) in [5.41, 5.74) is 1.82. The molecule has 174 valence electrons. The Labute approximate surface area is 191 Å². The van der Waals surface area contributed by atoms with Gasteiger partial charge in [-0.25, -0.2) is 0 Å². The van der Waals surface area contributed by atoms with E-state index < -0.39 is 0 Å². The van der Waals surface area contributed by atoms with Gasteiger partial charge in [-0.3, -0.25) is 18.9 Å². The minimum atomic E-state index is -0.169. The minimum absolute atomic E-state index is 0.118. The molecule has 0 aromatic carbocycles. The van der Waals surface area contributed by atoms with Crippen LogP contribution in [0.1, 0.15) is 71.6 Å². The van der Waals surface area contributed by atoms with Crippen LogP contribution in [0.25, 0.3) is 11.0 Å². The van der Waals surface area contributed by atoms with Gasteiger partial charge in [0.15, 0.2) is 5.78 Å². The van der Waals surface area contributed by atoms with E-state index in [0.717, 1.165) is 42.1 Å². The Balaban J connectivity index is 1.32. The molecule has 3 saturated carbocycles. The van der Waals surface area contributed by atoms with Gasteiger partial charge in [-0.1, -0.05) is 26.7 Å². The first-order valence-electron chi connectivity index (χ1n) is 12.9. The van der Waals surface area contributed by atoms with Gasteiger partial charge in [0, 0.05) is 12.1 Å². The summed E-state index contributed by atoms with van der Waals surface area (Å²) in [4.78, 5) is 17.8. The number of alkyl halides is 1. The lowest BCUT2D eigenvalue weighted by Gasteiger charge is -2.54. The van der Waals surface area contributed by atoms with Gasteiger partial charge in [0.1, 0.15) is 11.0 Å². The number of rotatable bonds is 7. The largest absolute Gasteiger partial charge is 0.297 e. The van der Waals surface area contributed by atoms with E-state index in [1.54, 1.807) is 10.9 Å². The van der Waals surface area contributed by atoms with Crippen LogP contribution in [0.3, 0.4) is 0 Å². The standard InChI is InChI=1S/C27H38FN3O/c1-3-5-19-18(12-14-28)7-8-21-20(19)11-13-27(2)22(21)9-10-23(27)26(32)17-31-16-25-24(30-31)6-4-15-29-25/h4,6,15-16,18-23H,3,5,7-14,17H2,1-2H3. The average Bonchev–Trinajstić information content (AvgIpc) is 3.35. The second kappa shape index (κ2) is 8.87. The maximum absolute atomic E-state index is 13.5. The zero-order valence-corrected chi connectivity index (χ0v) is 19.7. The normalized spacial score (nSPS) is 36.7. The number of hydrogen-bond donors (Lipinski definition) is 0. The van der Waals surface area contributed by atoms with Crippen molar-refractivity contribution < 1.29 is 9.18 Å². The molecular weight excluding hydrogens is 401 g/mol. The molecular formula is C27H38FN3O. The van der Waals surface area contributed by atoms with Crippen LogP contribution >= 0.6 is 0 Å². The van der Waals surface area contributed by atoms with Gasteiger partial charge < -0.3 is 0 Å². The summed E-state index contributed by atoms with van der Waals surface area (Å²) in [7, 11) is 0. The monoisotopic (exact) mass is 439 g/mol. The van der Waals surface area contributed by atoms with E-state index in [9.17, 15) is 9.18 Å². The molecule has 0 spiro atoms. The third kappa shape index (κ3) is 3.70. The summed E-state index contributed by atoms with van der Waals surface area (Å²) in [5, 5.41) is 4.58. The number of fused-ring (bicyclic) bond motifs is 4. The highest BCUT2D eigenvalue weighted by Crippen LogP contribution is 2.63. The first kappa shape index (κ1) is 22.0. The number of nitrogens with zero attached hydrogens (tertiary/aromatic N) is 3. The van der Waals surface area contributed by atoms with Crippen molar-refractivity contribution in [1.82, 2.24) is 14.8 Å². The van der Waals surface area contributed by atoms with E-state index in [2.05, 4.69) is 23.9 Å². The summed E-state index contributed by atoms with van der Waals surface area (Å²) in [6.45, 7) is 4.88. The molecule has 2 aromatic heterocycles. The van der Waals surface area contributed by atoms with Crippen molar-refractivity contribution in [2.24, 2.45) is 40.9 Å². The van der Waals surface area contributed by atoms with Crippen LogP contribution in [-0.4, -0.2) is 27.2 Å². The molecule has 4 nitrogen and oxygen atoms in total. The van der Waals surface area contributed by atoms with E-state index in [1.165, 1.54) is 38.5 Å². The quantitative estimate of drug-likeness (QED) is 0.513. The van der Waals surface area contributed by atoms with Gasteiger partial charge in [0.25, 0.3) is 0 Å². The van der Waals surface area contributed by atoms with Crippen molar-refractivity contribution in [3.63, 3.8) is 0 Å². The zero-order valence-electron chi connectivity index (χ0n) is 19.7. The second-order valence-electron chi connectivity index (χ2n) is 11.1. The minimum Gasteiger partial charge on any atom is -0.297 e. The summed E-state index contributed by atoms with van der Waals surface area (Å²) >= 11 is 0. The Morgan fingerprint density at radius 2 is 2.03 bits per heavy atom. The van der Waals surface area contributed by atoms with Crippen molar-refractivity contribution in [2.45, 2.75) is 78.2 Å². The Morgan fingerprint density at radius 3 is 2.81 bits per heavy atom. The van der Waals surface area contributed by atoms with Crippen molar-refractivity contribution in [3.8, 4) is 0 Å². The van der Waals surface area contributed by atoms with Gasteiger partial charge >= 0.3 is 0 Å². The van der Waals surface area contributed by atoms with Gasteiger partial charge in [0.2, 0.25) is 0 Å². The highest BCUT2D eigenvalue weighted by molar-refractivity contribution is 5.82. The number of carbonyl (C=O) groups excluding carboxylic acids is 1. The molecule has 3 aliphatic carbocycles. The Kier molecular flexibility index (Phi) is 6.11. The van der Waals surface area contributed by atoms with E-state index >= 15 is 0 Å². The Bertz CT molecular complexity index is 924. The molecule has 2 heterocycles. The lowest BCUT2D eigenvalue weighted by molar-refractivity contribution is -0.130. The summed E-state index contributed by atoms with van der Waals surface area (Å²) < 4.78 is 15.0. The number of ketones is 1. The molecule has 5 heteroatoms. The van der Waals surface area contributed by atoms with E-state index in [1.807, 2.05) is 18.3 Å². The molecule has 3 aliphatic rings. The maximum atomic E-state index is 13.5.